The van der Waals surface area contributed by atoms with Crippen molar-refractivity contribution in [2.24, 2.45) is 0 Å². The zero-order valence-corrected chi connectivity index (χ0v) is 14.3. The molecule has 23 heavy (non-hydrogen) atoms. The van der Waals surface area contributed by atoms with Crippen molar-refractivity contribution in [2.75, 3.05) is 23.4 Å². The average Bonchev–Trinajstić information content (AvgIpc) is 2.85. The van der Waals surface area contributed by atoms with E-state index in [1.54, 1.807) is 0 Å². The number of aryl methyl sites for hydroxylation is 1. The van der Waals surface area contributed by atoms with Gasteiger partial charge in [0, 0.05) is 30.5 Å². The maximum absolute atomic E-state index is 12.3. The fourth-order valence-corrected chi connectivity index (χ4v) is 3.76. The summed E-state index contributed by atoms with van der Waals surface area (Å²) in [4.78, 5) is 12.3. The summed E-state index contributed by atoms with van der Waals surface area (Å²) < 4.78 is 1.87. The van der Waals surface area contributed by atoms with E-state index in [1.807, 2.05) is 60.6 Å². The van der Waals surface area contributed by atoms with Crippen LogP contribution in [0.3, 0.4) is 0 Å². The lowest BCUT2D eigenvalue weighted by atomic mass is 10.2. The predicted molar refractivity (Wildman–Crippen MR) is 95.4 cm³/mol. The lowest BCUT2D eigenvalue weighted by molar-refractivity contribution is -0.116. The predicted octanol–water partition coefficient (Wildman–Crippen LogP) is 2.52. The van der Waals surface area contributed by atoms with Crippen LogP contribution in [0.25, 0.3) is 5.69 Å². The summed E-state index contributed by atoms with van der Waals surface area (Å²) in [5, 5.41) is 11.0. The van der Waals surface area contributed by atoms with Gasteiger partial charge in [0.05, 0.1) is 22.8 Å². The van der Waals surface area contributed by atoms with Gasteiger partial charge in [0.2, 0.25) is 5.91 Å². The van der Waals surface area contributed by atoms with Crippen molar-refractivity contribution >= 4 is 23.4 Å². The van der Waals surface area contributed by atoms with Crippen LogP contribution in [-0.2, 0) is 4.79 Å². The first-order valence-corrected chi connectivity index (χ1v) is 9.03. The Kier molecular flexibility index (Phi) is 5.03. The number of amides is 1. The van der Waals surface area contributed by atoms with E-state index in [-0.39, 0.29) is 11.9 Å². The number of benzene rings is 1. The largest absolute Gasteiger partial charge is 0.323 e. The Labute approximate surface area is 140 Å². The highest BCUT2D eigenvalue weighted by Crippen LogP contribution is 2.23. The summed E-state index contributed by atoms with van der Waals surface area (Å²) in [5.74, 6) is 2.17. The van der Waals surface area contributed by atoms with Gasteiger partial charge in [0.25, 0.3) is 0 Å². The number of nitrogens with zero attached hydrogens (tertiary/aromatic N) is 2. The number of carbonyl (C=O) groups is 1. The molecule has 0 radical (unpaired) electrons. The van der Waals surface area contributed by atoms with Crippen molar-refractivity contribution in [3.8, 4) is 5.69 Å². The van der Waals surface area contributed by atoms with Crippen LogP contribution in [0.2, 0.25) is 0 Å². The normalized spacial score (nSPS) is 17.9. The summed E-state index contributed by atoms with van der Waals surface area (Å²) in [5.41, 5.74) is 3.61. The molecule has 2 N–H and O–H groups in total. The molecule has 1 aliphatic rings. The molecule has 6 heteroatoms. The minimum absolute atomic E-state index is 0.0452. The van der Waals surface area contributed by atoms with Gasteiger partial charge in [0.1, 0.15) is 0 Å². The molecule has 2 heterocycles. The Morgan fingerprint density at radius 2 is 2.17 bits per heavy atom. The van der Waals surface area contributed by atoms with Crippen LogP contribution in [0.1, 0.15) is 17.8 Å². The molecule has 0 aliphatic carbocycles. The van der Waals surface area contributed by atoms with E-state index in [0.29, 0.717) is 6.42 Å². The molecule has 1 aliphatic heterocycles. The molecule has 3 rings (SSSR count). The Morgan fingerprint density at radius 1 is 1.39 bits per heavy atom. The second-order valence-electron chi connectivity index (χ2n) is 5.77. The Hall–Kier alpha value is -1.79. The second-order valence-corrected chi connectivity index (χ2v) is 6.92. The van der Waals surface area contributed by atoms with Crippen LogP contribution in [0.4, 0.5) is 5.69 Å². The van der Waals surface area contributed by atoms with E-state index in [4.69, 9.17) is 0 Å². The fraction of sp³-hybridized carbons (Fsp3) is 0.412. The maximum Gasteiger partial charge on any atom is 0.226 e. The van der Waals surface area contributed by atoms with E-state index in [1.165, 1.54) is 0 Å². The monoisotopic (exact) mass is 330 g/mol. The number of nitrogens with one attached hydrogen (secondary N) is 2. The zero-order valence-electron chi connectivity index (χ0n) is 13.5. The number of hydrogen-bond donors (Lipinski definition) is 2. The van der Waals surface area contributed by atoms with Gasteiger partial charge < -0.3 is 10.6 Å². The first-order chi connectivity index (χ1) is 11.1. The third-order valence-electron chi connectivity index (χ3n) is 3.99. The van der Waals surface area contributed by atoms with E-state index in [2.05, 4.69) is 15.7 Å². The van der Waals surface area contributed by atoms with Gasteiger partial charge >= 0.3 is 0 Å². The smallest absolute Gasteiger partial charge is 0.226 e. The molecule has 1 aromatic heterocycles. The highest BCUT2D eigenvalue weighted by Gasteiger charge is 2.19. The van der Waals surface area contributed by atoms with E-state index < -0.39 is 0 Å². The Balaban J connectivity index is 1.73. The zero-order chi connectivity index (χ0) is 16.2. The summed E-state index contributed by atoms with van der Waals surface area (Å²) in [6, 6.07) is 10.2. The third kappa shape index (κ3) is 3.76. The number of rotatable bonds is 4. The standard InChI is InChI=1S/C17H22N4OS/c1-12-17(19-16(22)10-14-11-23-9-8-18-14)13(2)21(20-12)15-6-4-3-5-7-15/h3-7,14,18H,8-11H2,1-2H3,(H,19,22). The van der Waals surface area contributed by atoms with E-state index in [0.717, 1.165) is 40.8 Å². The summed E-state index contributed by atoms with van der Waals surface area (Å²) in [7, 11) is 0. The highest BCUT2D eigenvalue weighted by molar-refractivity contribution is 7.99. The van der Waals surface area contributed by atoms with Crippen LogP contribution in [0, 0.1) is 13.8 Å². The number of aromatic nitrogens is 2. The van der Waals surface area contributed by atoms with Crippen molar-refractivity contribution in [3.63, 3.8) is 0 Å². The number of carbonyl (C=O) groups excluding carboxylic acids is 1. The molecule has 1 saturated heterocycles. The average molecular weight is 330 g/mol. The van der Waals surface area contributed by atoms with Gasteiger partial charge in [-0.1, -0.05) is 18.2 Å². The minimum Gasteiger partial charge on any atom is -0.323 e. The fourth-order valence-electron chi connectivity index (χ4n) is 2.81. The van der Waals surface area contributed by atoms with Gasteiger partial charge in [-0.3, -0.25) is 4.79 Å². The lowest BCUT2D eigenvalue weighted by Gasteiger charge is -2.22. The molecule has 0 saturated carbocycles. The molecule has 1 aromatic carbocycles. The first-order valence-electron chi connectivity index (χ1n) is 7.88. The molecule has 1 amide bonds. The summed E-state index contributed by atoms with van der Waals surface area (Å²) in [6.07, 6.45) is 0.502. The summed E-state index contributed by atoms with van der Waals surface area (Å²) >= 11 is 1.90. The van der Waals surface area contributed by atoms with Gasteiger partial charge in [0.15, 0.2) is 0 Å². The highest BCUT2D eigenvalue weighted by atomic mass is 32.2. The molecule has 1 unspecified atom stereocenters. The van der Waals surface area contributed by atoms with Crippen LogP contribution in [-0.4, -0.2) is 39.8 Å². The van der Waals surface area contributed by atoms with Crippen molar-refractivity contribution in [3.05, 3.63) is 41.7 Å². The van der Waals surface area contributed by atoms with Crippen molar-refractivity contribution in [1.82, 2.24) is 15.1 Å². The molecule has 0 spiro atoms. The van der Waals surface area contributed by atoms with Gasteiger partial charge in [-0.2, -0.15) is 16.9 Å². The van der Waals surface area contributed by atoms with Crippen molar-refractivity contribution < 1.29 is 4.79 Å². The molecule has 0 bridgehead atoms. The first kappa shape index (κ1) is 16.1. The van der Waals surface area contributed by atoms with Crippen LogP contribution < -0.4 is 10.6 Å². The van der Waals surface area contributed by atoms with Gasteiger partial charge in [-0.25, -0.2) is 4.68 Å². The van der Waals surface area contributed by atoms with Gasteiger partial charge in [-0.05, 0) is 26.0 Å². The topological polar surface area (TPSA) is 59.0 Å². The second kappa shape index (κ2) is 7.19. The maximum atomic E-state index is 12.3. The molecular formula is C17H22N4OS. The molecule has 1 atom stereocenters. The van der Waals surface area contributed by atoms with E-state index >= 15 is 0 Å². The molecule has 2 aromatic rings. The number of thioether (sulfide) groups is 1. The minimum atomic E-state index is 0.0452. The van der Waals surface area contributed by atoms with E-state index in [9.17, 15) is 4.79 Å². The lowest BCUT2D eigenvalue weighted by Crippen LogP contribution is -2.40. The molecule has 5 nitrogen and oxygen atoms in total. The van der Waals surface area contributed by atoms with Crippen LogP contribution >= 0.6 is 11.8 Å². The molecular weight excluding hydrogens is 308 g/mol. The van der Waals surface area contributed by atoms with Gasteiger partial charge in [-0.15, -0.1) is 0 Å². The number of anilines is 1. The van der Waals surface area contributed by atoms with Crippen molar-refractivity contribution in [1.29, 1.82) is 0 Å². The number of hydrogen-bond acceptors (Lipinski definition) is 4. The molecule has 122 valence electrons. The SMILES string of the molecule is Cc1nn(-c2ccccc2)c(C)c1NC(=O)CC1CSCCN1. The van der Waals surface area contributed by atoms with Crippen LogP contribution in [0.15, 0.2) is 30.3 Å². The van der Waals surface area contributed by atoms with Crippen LogP contribution in [0.5, 0.6) is 0 Å². The third-order valence-corrected chi connectivity index (χ3v) is 5.12. The van der Waals surface area contributed by atoms with Crippen molar-refractivity contribution in [2.45, 2.75) is 26.3 Å². The molecule has 1 fully saturated rings. The Bertz CT molecular complexity index is 677. The number of para-hydroxylation sites is 1. The summed E-state index contributed by atoms with van der Waals surface area (Å²) in [6.45, 7) is 4.89. The quantitative estimate of drug-likeness (QED) is 0.904. The Morgan fingerprint density at radius 3 is 2.87 bits per heavy atom.